The molecule has 0 spiro atoms. The second-order valence-corrected chi connectivity index (χ2v) is 4.83. The maximum atomic E-state index is 12.1. The molecule has 0 fully saturated rings. The van der Waals surface area contributed by atoms with E-state index in [1.54, 1.807) is 12.2 Å². The van der Waals surface area contributed by atoms with Crippen molar-refractivity contribution in [3.8, 4) is 5.75 Å². The number of nitrogens with zero attached hydrogens (tertiary/aromatic N) is 2. The molecule has 0 atom stereocenters. The van der Waals surface area contributed by atoms with Crippen molar-refractivity contribution in [2.24, 2.45) is 0 Å². The second-order valence-electron chi connectivity index (χ2n) is 3.30. The van der Waals surface area contributed by atoms with E-state index in [4.69, 9.17) is 0 Å². The van der Waals surface area contributed by atoms with Gasteiger partial charge in [0, 0.05) is 6.42 Å². The minimum Gasteiger partial charge on any atom is -0.372 e. The lowest BCUT2D eigenvalue weighted by molar-refractivity contribution is -0.0500. The molecule has 0 unspecified atom stereocenters. The van der Waals surface area contributed by atoms with Crippen LogP contribution in [0.3, 0.4) is 0 Å². The van der Waals surface area contributed by atoms with Crippen LogP contribution in [0.25, 0.3) is 0 Å². The lowest BCUT2D eigenvalue weighted by Gasteiger charge is -2.11. The monoisotopic (exact) mass is 268 g/mol. The molecule has 94 valence electrons. The number of aromatic nitrogens is 2. The van der Waals surface area contributed by atoms with Gasteiger partial charge in [0.25, 0.3) is 0 Å². The van der Waals surface area contributed by atoms with E-state index in [0.717, 1.165) is 6.20 Å². The molecule has 0 aromatic carbocycles. The van der Waals surface area contributed by atoms with E-state index in [0.29, 0.717) is 12.2 Å². The largest absolute Gasteiger partial charge is 0.534 e. The molecule has 0 saturated carbocycles. The number of halogens is 3. The Morgan fingerprint density at radius 3 is 2.71 bits per heavy atom. The number of hydrogen-bond donors (Lipinski definition) is 0. The third-order valence-corrected chi connectivity index (χ3v) is 3.12. The molecule has 5 nitrogen and oxygen atoms in total. The zero-order valence-corrected chi connectivity index (χ0v) is 9.12. The van der Waals surface area contributed by atoms with Crippen LogP contribution in [0, 0.1) is 0 Å². The molecule has 1 aliphatic rings. The maximum absolute atomic E-state index is 12.1. The molecule has 1 aliphatic heterocycles. The van der Waals surface area contributed by atoms with Crippen molar-refractivity contribution >= 4 is 10.1 Å². The fraction of sp³-hybridized carbons (Fsp3) is 0.375. The molecule has 1 aromatic rings. The molecule has 0 amide bonds. The van der Waals surface area contributed by atoms with E-state index in [1.165, 1.54) is 4.68 Å². The van der Waals surface area contributed by atoms with Crippen molar-refractivity contribution in [2.45, 2.75) is 18.5 Å². The number of fused-ring (bicyclic) bond motifs is 1. The molecule has 2 rings (SSSR count). The Morgan fingerprint density at radius 1 is 1.35 bits per heavy atom. The summed E-state index contributed by atoms with van der Waals surface area (Å²) in [5.41, 5.74) is -5.13. The highest BCUT2D eigenvalue weighted by Gasteiger charge is 2.49. The first-order valence-corrected chi connectivity index (χ1v) is 5.92. The van der Waals surface area contributed by atoms with Gasteiger partial charge in [-0.3, -0.25) is 4.68 Å². The van der Waals surface area contributed by atoms with Gasteiger partial charge in [0.2, 0.25) is 0 Å². The van der Waals surface area contributed by atoms with Crippen molar-refractivity contribution in [2.75, 3.05) is 0 Å². The van der Waals surface area contributed by atoms with Gasteiger partial charge >= 0.3 is 15.6 Å². The normalized spacial score (nSPS) is 15.7. The van der Waals surface area contributed by atoms with Gasteiger partial charge in [-0.15, -0.1) is 0 Å². The van der Waals surface area contributed by atoms with Crippen molar-refractivity contribution in [1.82, 2.24) is 9.78 Å². The Kier molecular flexibility index (Phi) is 2.64. The lowest BCUT2D eigenvalue weighted by Crippen LogP contribution is -2.28. The van der Waals surface area contributed by atoms with E-state index in [1.807, 2.05) is 0 Å². The second kappa shape index (κ2) is 3.76. The van der Waals surface area contributed by atoms with Gasteiger partial charge in [-0.1, -0.05) is 12.2 Å². The third kappa shape index (κ3) is 2.14. The van der Waals surface area contributed by atoms with E-state index in [2.05, 4.69) is 9.28 Å². The number of rotatable bonds is 2. The Hall–Kier alpha value is -1.51. The minimum atomic E-state index is -5.63. The molecular weight excluding hydrogens is 261 g/mol. The summed E-state index contributed by atoms with van der Waals surface area (Å²) >= 11 is 0. The van der Waals surface area contributed by atoms with E-state index >= 15 is 0 Å². The fourth-order valence-electron chi connectivity index (χ4n) is 1.36. The van der Waals surface area contributed by atoms with Crippen LogP contribution in [0.15, 0.2) is 18.3 Å². The molecular formula is C8H7F3N2O3S. The third-order valence-electron chi connectivity index (χ3n) is 2.15. The minimum absolute atomic E-state index is 0.280. The summed E-state index contributed by atoms with van der Waals surface area (Å²) in [6.45, 7) is 0.380. The molecule has 0 N–H and O–H groups in total. The van der Waals surface area contributed by atoms with Crippen molar-refractivity contribution in [3.63, 3.8) is 0 Å². The number of alkyl halides is 3. The van der Waals surface area contributed by atoms with Gasteiger partial charge < -0.3 is 4.18 Å². The highest BCUT2D eigenvalue weighted by Crippen LogP contribution is 2.29. The summed E-state index contributed by atoms with van der Waals surface area (Å²) in [4.78, 5) is 0. The van der Waals surface area contributed by atoms with Crippen LogP contribution in [0.1, 0.15) is 5.69 Å². The van der Waals surface area contributed by atoms with Crippen LogP contribution in [0.2, 0.25) is 0 Å². The van der Waals surface area contributed by atoms with Gasteiger partial charge in [0.05, 0.1) is 18.4 Å². The number of hydrogen-bond acceptors (Lipinski definition) is 4. The zero-order chi connectivity index (χ0) is 12.7. The predicted molar refractivity (Wildman–Crippen MR) is 50.7 cm³/mol. The van der Waals surface area contributed by atoms with Crippen LogP contribution in [-0.2, 0) is 23.1 Å². The quantitative estimate of drug-likeness (QED) is 0.459. The number of allylic oxidation sites excluding steroid dienone is 2. The van der Waals surface area contributed by atoms with Crippen LogP contribution in [-0.4, -0.2) is 23.7 Å². The van der Waals surface area contributed by atoms with Gasteiger partial charge in [0.1, 0.15) is 0 Å². The average molecular weight is 268 g/mol. The molecule has 2 heterocycles. The van der Waals surface area contributed by atoms with Gasteiger partial charge in [-0.25, -0.2) is 0 Å². The first-order valence-electron chi connectivity index (χ1n) is 4.52. The van der Waals surface area contributed by atoms with Gasteiger partial charge in [-0.05, 0) is 0 Å². The fourth-order valence-corrected chi connectivity index (χ4v) is 1.83. The maximum Gasteiger partial charge on any atom is 0.534 e. The lowest BCUT2D eigenvalue weighted by atomic mass is 10.2. The van der Waals surface area contributed by atoms with Crippen LogP contribution < -0.4 is 4.18 Å². The van der Waals surface area contributed by atoms with E-state index in [9.17, 15) is 21.6 Å². The Morgan fingerprint density at radius 2 is 2.06 bits per heavy atom. The van der Waals surface area contributed by atoms with E-state index < -0.39 is 15.6 Å². The van der Waals surface area contributed by atoms with Crippen LogP contribution >= 0.6 is 0 Å². The average Bonchev–Trinajstić information content (AvgIpc) is 2.60. The van der Waals surface area contributed by atoms with Crippen LogP contribution in [0.5, 0.6) is 5.75 Å². The smallest absolute Gasteiger partial charge is 0.372 e. The molecule has 0 bridgehead atoms. The van der Waals surface area contributed by atoms with Gasteiger partial charge in [-0.2, -0.15) is 26.7 Å². The molecule has 0 aliphatic carbocycles. The van der Waals surface area contributed by atoms with E-state index in [-0.39, 0.29) is 12.2 Å². The van der Waals surface area contributed by atoms with Gasteiger partial charge in [0.15, 0.2) is 5.75 Å². The predicted octanol–water partition coefficient (Wildman–Crippen LogP) is 1.22. The Labute approximate surface area is 94.6 Å². The molecule has 17 heavy (non-hydrogen) atoms. The molecule has 9 heteroatoms. The van der Waals surface area contributed by atoms with Crippen molar-refractivity contribution in [3.05, 3.63) is 24.0 Å². The topological polar surface area (TPSA) is 61.2 Å². The summed E-state index contributed by atoms with van der Waals surface area (Å²) in [7, 11) is -5.63. The molecule has 0 saturated heterocycles. The first kappa shape index (κ1) is 12.0. The summed E-state index contributed by atoms with van der Waals surface area (Å²) in [6, 6.07) is 0. The summed E-state index contributed by atoms with van der Waals surface area (Å²) < 4.78 is 63.3. The first-order chi connectivity index (χ1) is 7.81. The van der Waals surface area contributed by atoms with Crippen molar-refractivity contribution < 1.29 is 25.8 Å². The van der Waals surface area contributed by atoms with Crippen molar-refractivity contribution in [1.29, 1.82) is 0 Å². The molecule has 1 aromatic heterocycles. The standard InChI is InChI=1S/C8H7F3N2O3S/c9-8(10,11)17(14,15)16-7-5-12-13-4-2-1-3-6(7)13/h1-2,5H,3-4H2. The van der Waals surface area contributed by atoms with Crippen LogP contribution in [0.4, 0.5) is 13.2 Å². The molecule has 0 radical (unpaired) electrons. The highest BCUT2D eigenvalue weighted by atomic mass is 32.2. The summed E-state index contributed by atoms with van der Waals surface area (Å²) in [6.07, 6.45) is 4.71. The summed E-state index contributed by atoms with van der Waals surface area (Å²) in [5.74, 6) is -0.383. The zero-order valence-electron chi connectivity index (χ0n) is 8.31. The Bertz CT molecular complexity index is 559. The summed E-state index contributed by atoms with van der Waals surface area (Å²) in [5, 5.41) is 3.73. The SMILES string of the molecule is O=S(=O)(Oc1cnn2c1CC=CC2)C(F)(F)F. The highest BCUT2D eigenvalue weighted by molar-refractivity contribution is 7.88. The Balaban J connectivity index is 2.30.